The summed E-state index contributed by atoms with van der Waals surface area (Å²) in [5.74, 6) is 0.675. The van der Waals surface area contributed by atoms with E-state index in [2.05, 4.69) is 5.32 Å². The van der Waals surface area contributed by atoms with Crippen molar-refractivity contribution in [3.8, 4) is 11.5 Å². The topological polar surface area (TPSA) is 71.1 Å². The molecule has 26 heavy (non-hydrogen) atoms. The van der Waals surface area contributed by atoms with Crippen molar-refractivity contribution in [3.63, 3.8) is 0 Å². The first-order valence-electron chi connectivity index (χ1n) is 8.19. The van der Waals surface area contributed by atoms with Crippen LogP contribution in [0.5, 0.6) is 11.5 Å². The number of amides is 2. The second-order valence-corrected chi connectivity index (χ2v) is 6.13. The summed E-state index contributed by atoms with van der Waals surface area (Å²) in [6.45, 7) is 1.48. The molecular weight excluding hydrogens is 334 g/mol. The fraction of sp³-hybridized carbons (Fsp3) is 0.263. The molecule has 0 aliphatic carbocycles. The lowest BCUT2D eigenvalue weighted by Gasteiger charge is -2.21. The van der Waals surface area contributed by atoms with Crippen LogP contribution >= 0.6 is 0 Å². The molecule has 0 saturated carbocycles. The quantitative estimate of drug-likeness (QED) is 0.892. The van der Waals surface area contributed by atoms with E-state index in [4.69, 9.17) is 9.47 Å². The Hall–Kier alpha value is -3.22. The second-order valence-electron chi connectivity index (χ2n) is 6.13. The third-order valence-corrected chi connectivity index (χ3v) is 4.02. The zero-order valence-corrected chi connectivity index (χ0v) is 15.0. The molecular formula is C19H21N3O4. The molecule has 2 aromatic rings. The minimum absolute atomic E-state index is 0.0928. The lowest BCUT2D eigenvalue weighted by molar-refractivity contribution is -0.120. The number of benzene rings is 2. The highest BCUT2D eigenvalue weighted by atomic mass is 16.7. The molecule has 3 rings (SSSR count). The smallest absolute Gasteiger partial charge is 0.244 e. The molecule has 0 spiro atoms. The van der Waals surface area contributed by atoms with Crippen molar-refractivity contribution in [1.82, 2.24) is 0 Å². The van der Waals surface area contributed by atoms with E-state index in [1.807, 2.05) is 43.3 Å². The van der Waals surface area contributed by atoms with Crippen LogP contribution in [-0.4, -0.2) is 39.2 Å². The van der Waals surface area contributed by atoms with Gasteiger partial charge in [0.2, 0.25) is 18.6 Å². The van der Waals surface area contributed by atoms with E-state index in [0.29, 0.717) is 22.9 Å². The van der Waals surface area contributed by atoms with E-state index in [-0.39, 0.29) is 25.2 Å². The molecule has 0 unspecified atom stereocenters. The number of anilines is 3. The number of fused-ring (bicyclic) bond motifs is 1. The van der Waals surface area contributed by atoms with Crippen LogP contribution in [-0.2, 0) is 9.59 Å². The summed E-state index contributed by atoms with van der Waals surface area (Å²) in [6, 6.07) is 12.6. The number of carbonyl (C=O) groups is 2. The van der Waals surface area contributed by atoms with Gasteiger partial charge in [0.15, 0.2) is 11.5 Å². The SMILES string of the molecule is CC(=O)N(CC(=O)Nc1ccc(N(C)C)cc1)c1ccc2c(c1)OCO2. The molecule has 0 radical (unpaired) electrons. The largest absolute Gasteiger partial charge is 0.454 e. The van der Waals surface area contributed by atoms with Crippen LogP contribution in [0.15, 0.2) is 42.5 Å². The summed E-state index contributed by atoms with van der Waals surface area (Å²) in [7, 11) is 3.90. The Morgan fingerprint density at radius 3 is 2.31 bits per heavy atom. The van der Waals surface area contributed by atoms with E-state index in [1.165, 1.54) is 11.8 Å². The van der Waals surface area contributed by atoms with Crippen molar-refractivity contribution < 1.29 is 19.1 Å². The average molecular weight is 355 g/mol. The van der Waals surface area contributed by atoms with Crippen LogP contribution in [0.4, 0.5) is 17.1 Å². The molecule has 1 aliphatic rings. The zero-order valence-electron chi connectivity index (χ0n) is 15.0. The highest BCUT2D eigenvalue weighted by molar-refractivity contribution is 6.02. The monoisotopic (exact) mass is 355 g/mol. The van der Waals surface area contributed by atoms with Crippen LogP contribution in [0.2, 0.25) is 0 Å². The Morgan fingerprint density at radius 1 is 1.00 bits per heavy atom. The van der Waals surface area contributed by atoms with Gasteiger partial charge in [0.05, 0.1) is 0 Å². The average Bonchev–Trinajstić information content (AvgIpc) is 3.07. The fourth-order valence-corrected chi connectivity index (χ4v) is 2.62. The number of nitrogens with one attached hydrogen (secondary N) is 1. The van der Waals surface area contributed by atoms with Gasteiger partial charge in [0.1, 0.15) is 6.54 Å². The van der Waals surface area contributed by atoms with Crippen LogP contribution in [0.25, 0.3) is 0 Å². The number of carbonyl (C=O) groups excluding carboxylic acids is 2. The van der Waals surface area contributed by atoms with E-state index >= 15 is 0 Å². The molecule has 1 N–H and O–H groups in total. The highest BCUT2D eigenvalue weighted by Gasteiger charge is 2.20. The normalized spacial score (nSPS) is 11.8. The molecule has 2 amide bonds. The van der Waals surface area contributed by atoms with Crippen LogP contribution in [0.3, 0.4) is 0 Å². The van der Waals surface area contributed by atoms with E-state index < -0.39 is 0 Å². The lowest BCUT2D eigenvalue weighted by atomic mass is 10.2. The number of ether oxygens (including phenoxy) is 2. The fourth-order valence-electron chi connectivity index (χ4n) is 2.62. The third kappa shape index (κ3) is 3.88. The molecule has 1 aliphatic heterocycles. The van der Waals surface area contributed by atoms with Crippen molar-refractivity contribution in [2.45, 2.75) is 6.92 Å². The summed E-state index contributed by atoms with van der Waals surface area (Å²) in [6.07, 6.45) is 0. The number of hydrogen-bond acceptors (Lipinski definition) is 5. The molecule has 0 atom stereocenters. The molecule has 1 heterocycles. The summed E-state index contributed by atoms with van der Waals surface area (Å²) in [5.41, 5.74) is 2.29. The summed E-state index contributed by atoms with van der Waals surface area (Å²) >= 11 is 0. The zero-order chi connectivity index (χ0) is 18.7. The molecule has 2 aromatic carbocycles. The van der Waals surface area contributed by atoms with E-state index in [9.17, 15) is 9.59 Å². The molecule has 7 nitrogen and oxygen atoms in total. The first-order chi connectivity index (χ1) is 12.4. The molecule has 0 saturated heterocycles. The Balaban J connectivity index is 1.69. The number of nitrogens with zero attached hydrogens (tertiary/aromatic N) is 2. The van der Waals surface area contributed by atoms with Gasteiger partial charge < -0.3 is 24.6 Å². The van der Waals surface area contributed by atoms with Crippen molar-refractivity contribution in [1.29, 1.82) is 0 Å². The third-order valence-electron chi connectivity index (χ3n) is 4.02. The molecule has 136 valence electrons. The van der Waals surface area contributed by atoms with Crippen LogP contribution in [0, 0.1) is 0 Å². The van der Waals surface area contributed by atoms with Gasteiger partial charge in [-0.1, -0.05) is 0 Å². The van der Waals surface area contributed by atoms with Gasteiger partial charge in [0.25, 0.3) is 0 Å². The highest BCUT2D eigenvalue weighted by Crippen LogP contribution is 2.35. The van der Waals surface area contributed by atoms with Crippen LogP contribution in [0.1, 0.15) is 6.92 Å². The molecule has 0 bridgehead atoms. The maximum atomic E-state index is 12.4. The first kappa shape index (κ1) is 17.6. The van der Waals surface area contributed by atoms with E-state index in [0.717, 1.165) is 5.69 Å². The lowest BCUT2D eigenvalue weighted by Crippen LogP contribution is -2.36. The number of rotatable bonds is 5. The van der Waals surface area contributed by atoms with Gasteiger partial charge >= 0.3 is 0 Å². The predicted octanol–water partition coefficient (Wildman–Crippen LogP) is 2.47. The molecule has 0 aromatic heterocycles. The first-order valence-corrected chi connectivity index (χ1v) is 8.19. The van der Waals surface area contributed by atoms with Gasteiger partial charge in [0, 0.05) is 44.1 Å². The summed E-state index contributed by atoms with van der Waals surface area (Å²) in [4.78, 5) is 27.8. The second kappa shape index (κ2) is 7.35. The summed E-state index contributed by atoms with van der Waals surface area (Å²) in [5, 5.41) is 2.81. The van der Waals surface area contributed by atoms with Gasteiger partial charge in [-0.05, 0) is 36.4 Å². The van der Waals surface area contributed by atoms with Gasteiger partial charge in [-0.3, -0.25) is 9.59 Å². The standard InChI is InChI=1S/C19H21N3O4/c1-13(23)22(16-8-9-17-18(10-16)26-12-25-17)11-19(24)20-14-4-6-15(7-5-14)21(2)3/h4-10H,11-12H2,1-3H3,(H,20,24). The Kier molecular flexibility index (Phi) is 4.97. The Labute approximate surface area is 152 Å². The maximum absolute atomic E-state index is 12.4. The van der Waals surface area contributed by atoms with Crippen molar-refractivity contribution in [2.24, 2.45) is 0 Å². The van der Waals surface area contributed by atoms with Gasteiger partial charge in [-0.15, -0.1) is 0 Å². The minimum atomic E-state index is -0.282. The molecule has 7 heteroatoms. The van der Waals surface area contributed by atoms with Crippen LogP contribution < -0.4 is 24.6 Å². The summed E-state index contributed by atoms with van der Waals surface area (Å²) < 4.78 is 10.6. The Bertz CT molecular complexity index is 818. The minimum Gasteiger partial charge on any atom is -0.454 e. The van der Waals surface area contributed by atoms with Crippen molar-refractivity contribution >= 4 is 28.9 Å². The van der Waals surface area contributed by atoms with Gasteiger partial charge in [-0.2, -0.15) is 0 Å². The van der Waals surface area contributed by atoms with Gasteiger partial charge in [-0.25, -0.2) is 0 Å². The van der Waals surface area contributed by atoms with E-state index in [1.54, 1.807) is 18.2 Å². The maximum Gasteiger partial charge on any atom is 0.244 e. The van der Waals surface area contributed by atoms with Crippen molar-refractivity contribution in [3.05, 3.63) is 42.5 Å². The van der Waals surface area contributed by atoms with Crippen molar-refractivity contribution in [2.75, 3.05) is 42.5 Å². The Morgan fingerprint density at radius 2 is 1.65 bits per heavy atom. The predicted molar refractivity (Wildman–Crippen MR) is 100.0 cm³/mol. The number of hydrogen-bond donors (Lipinski definition) is 1. The molecule has 0 fully saturated rings.